The second kappa shape index (κ2) is 7.14. The van der Waals surface area contributed by atoms with E-state index in [1.165, 1.54) is 12.1 Å². The highest BCUT2D eigenvalue weighted by atomic mass is 32.2. The predicted octanol–water partition coefficient (Wildman–Crippen LogP) is 4.02. The zero-order valence-corrected chi connectivity index (χ0v) is 15.0. The highest BCUT2D eigenvalue weighted by Crippen LogP contribution is 2.41. The van der Waals surface area contributed by atoms with Crippen molar-refractivity contribution in [2.24, 2.45) is 5.41 Å². The van der Waals surface area contributed by atoms with E-state index in [4.69, 9.17) is 4.18 Å². The molecule has 0 aromatic heterocycles. The van der Waals surface area contributed by atoms with Gasteiger partial charge in [-0.15, -0.1) is 0 Å². The standard InChI is InChI=1S/C18H26O4S/c1-4-5-6-12-18(3)13-11-16(17(18)19)22-23(20,21)15-9-7-14(2)8-10-15/h7-10,16H,4-6,11-13H2,1-3H3/t16-,18-/m0/s1. The Morgan fingerprint density at radius 2 is 1.87 bits per heavy atom. The van der Waals surface area contributed by atoms with Crippen LogP contribution in [0.15, 0.2) is 29.2 Å². The number of Topliss-reactive ketones (excluding diaryl/α,β-unsaturated/α-hetero) is 1. The first-order chi connectivity index (χ1) is 10.8. The number of carbonyl (C=O) groups is 1. The van der Waals surface area contributed by atoms with Gasteiger partial charge in [-0.25, -0.2) is 0 Å². The van der Waals surface area contributed by atoms with Crippen LogP contribution in [0.2, 0.25) is 0 Å². The summed E-state index contributed by atoms with van der Waals surface area (Å²) in [5.41, 5.74) is 0.534. The molecule has 0 N–H and O–H groups in total. The number of aryl methyl sites for hydroxylation is 1. The molecule has 1 saturated carbocycles. The number of hydrogen-bond donors (Lipinski definition) is 0. The van der Waals surface area contributed by atoms with E-state index in [9.17, 15) is 13.2 Å². The molecule has 4 nitrogen and oxygen atoms in total. The van der Waals surface area contributed by atoms with Gasteiger partial charge in [0.1, 0.15) is 6.10 Å². The van der Waals surface area contributed by atoms with Crippen molar-refractivity contribution < 1.29 is 17.4 Å². The fraction of sp³-hybridized carbons (Fsp3) is 0.611. The van der Waals surface area contributed by atoms with Crippen LogP contribution in [0.25, 0.3) is 0 Å². The van der Waals surface area contributed by atoms with Crippen LogP contribution in [0.3, 0.4) is 0 Å². The molecule has 1 aliphatic rings. The molecule has 0 unspecified atom stereocenters. The minimum absolute atomic E-state index is 0.0655. The van der Waals surface area contributed by atoms with Crippen molar-refractivity contribution in [3.05, 3.63) is 29.8 Å². The van der Waals surface area contributed by atoms with Gasteiger partial charge in [-0.3, -0.25) is 8.98 Å². The summed E-state index contributed by atoms with van der Waals surface area (Å²) in [6.07, 6.45) is 4.34. The Labute approximate surface area is 139 Å². The minimum atomic E-state index is -3.89. The molecule has 5 heteroatoms. The van der Waals surface area contributed by atoms with Crippen molar-refractivity contribution in [2.45, 2.75) is 70.3 Å². The second-order valence-corrected chi connectivity index (χ2v) is 8.34. The van der Waals surface area contributed by atoms with Gasteiger partial charge in [-0.05, 0) is 38.3 Å². The van der Waals surface area contributed by atoms with Gasteiger partial charge in [0.15, 0.2) is 5.78 Å². The van der Waals surface area contributed by atoms with Gasteiger partial charge in [-0.1, -0.05) is 50.8 Å². The Kier molecular flexibility index (Phi) is 5.63. The molecule has 1 aliphatic carbocycles. The van der Waals surface area contributed by atoms with E-state index in [-0.39, 0.29) is 10.7 Å². The van der Waals surface area contributed by atoms with Crippen LogP contribution in [0.4, 0.5) is 0 Å². The first-order valence-electron chi connectivity index (χ1n) is 8.33. The summed E-state index contributed by atoms with van der Waals surface area (Å²) in [5, 5.41) is 0. The van der Waals surface area contributed by atoms with Crippen molar-refractivity contribution in [1.82, 2.24) is 0 Å². The maximum atomic E-state index is 12.6. The van der Waals surface area contributed by atoms with Gasteiger partial charge >= 0.3 is 0 Å². The lowest BCUT2D eigenvalue weighted by Gasteiger charge is -2.22. The first kappa shape index (κ1) is 18.1. The highest BCUT2D eigenvalue weighted by Gasteiger charge is 2.46. The molecule has 1 aromatic carbocycles. The van der Waals surface area contributed by atoms with E-state index in [0.29, 0.717) is 12.8 Å². The largest absolute Gasteiger partial charge is 0.297 e. The van der Waals surface area contributed by atoms with E-state index in [0.717, 1.165) is 31.2 Å². The molecule has 1 aromatic rings. The normalized spacial score (nSPS) is 25.0. The van der Waals surface area contributed by atoms with E-state index < -0.39 is 21.6 Å². The maximum absolute atomic E-state index is 12.6. The Hall–Kier alpha value is -1.20. The number of unbranched alkanes of at least 4 members (excludes halogenated alkanes) is 2. The average Bonchev–Trinajstić information content (AvgIpc) is 2.76. The van der Waals surface area contributed by atoms with Crippen molar-refractivity contribution in [1.29, 1.82) is 0 Å². The fourth-order valence-corrected chi connectivity index (χ4v) is 4.18. The molecular formula is C18H26O4S. The summed E-state index contributed by atoms with van der Waals surface area (Å²) in [7, 11) is -3.89. The molecule has 23 heavy (non-hydrogen) atoms. The quantitative estimate of drug-likeness (QED) is 0.556. The van der Waals surface area contributed by atoms with Gasteiger partial charge in [0.25, 0.3) is 10.1 Å². The Bertz CT molecular complexity index is 648. The SMILES string of the molecule is CCCCC[C@@]1(C)CC[C@H](OS(=O)(=O)c2ccc(C)cc2)C1=O. The van der Waals surface area contributed by atoms with Crippen LogP contribution in [-0.2, 0) is 19.1 Å². The van der Waals surface area contributed by atoms with Crippen molar-refractivity contribution in [3.8, 4) is 0 Å². The number of rotatable bonds is 7. The summed E-state index contributed by atoms with van der Waals surface area (Å²) >= 11 is 0. The summed E-state index contributed by atoms with van der Waals surface area (Å²) in [4.78, 5) is 12.7. The molecule has 0 radical (unpaired) electrons. The maximum Gasteiger partial charge on any atom is 0.297 e. The highest BCUT2D eigenvalue weighted by molar-refractivity contribution is 7.86. The molecule has 0 aliphatic heterocycles. The molecule has 128 valence electrons. The van der Waals surface area contributed by atoms with Crippen LogP contribution < -0.4 is 0 Å². The van der Waals surface area contributed by atoms with Crippen molar-refractivity contribution in [3.63, 3.8) is 0 Å². The third kappa shape index (κ3) is 4.21. The lowest BCUT2D eigenvalue weighted by Crippen LogP contribution is -2.31. The van der Waals surface area contributed by atoms with E-state index in [1.807, 2.05) is 13.8 Å². The number of carbonyl (C=O) groups excluding carboxylic acids is 1. The number of benzene rings is 1. The molecule has 0 heterocycles. The number of hydrogen-bond acceptors (Lipinski definition) is 4. The Morgan fingerprint density at radius 1 is 1.22 bits per heavy atom. The van der Waals surface area contributed by atoms with Crippen LogP contribution in [-0.4, -0.2) is 20.3 Å². The van der Waals surface area contributed by atoms with Gasteiger partial charge < -0.3 is 0 Å². The molecule has 1 fully saturated rings. The smallest absolute Gasteiger partial charge is 0.296 e. The zero-order valence-electron chi connectivity index (χ0n) is 14.2. The van der Waals surface area contributed by atoms with Crippen LogP contribution in [0.1, 0.15) is 57.9 Å². The van der Waals surface area contributed by atoms with Gasteiger partial charge in [-0.2, -0.15) is 8.42 Å². The van der Waals surface area contributed by atoms with E-state index >= 15 is 0 Å². The molecule has 0 spiro atoms. The summed E-state index contributed by atoms with van der Waals surface area (Å²) in [5.74, 6) is -0.0655. The first-order valence-corrected chi connectivity index (χ1v) is 9.73. The van der Waals surface area contributed by atoms with Gasteiger partial charge in [0.2, 0.25) is 0 Å². The van der Waals surface area contributed by atoms with Crippen LogP contribution >= 0.6 is 0 Å². The lowest BCUT2D eigenvalue weighted by molar-refractivity contribution is -0.130. The summed E-state index contributed by atoms with van der Waals surface area (Å²) < 4.78 is 29.9. The second-order valence-electron chi connectivity index (χ2n) is 6.77. The van der Waals surface area contributed by atoms with Gasteiger partial charge in [0, 0.05) is 5.41 Å². The van der Waals surface area contributed by atoms with E-state index in [2.05, 4.69) is 6.92 Å². The monoisotopic (exact) mass is 338 g/mol. The van der Waals surface area contributed by atoms with Crippen molar-refractivity contribution in [2.75, 3.05) is 0 Å². The average molecular weight is 338 g/mol. The molecule has 2 atom stereocenters. The van der Waals surface area contributed by atoms with E-state index in [1.54, 1.807) is 12.1 Å². The fourth-order valence-electron chi connectivity index (χ4n) is 3.11. The lowest BCUT2D eigenvalue weighted by atomic mass is 9.82. The third-order valence-corrected chi connectivity index (χ3v) is 6.07. The van der Waals surface area contributed by atoms with Crippen LogP contribution in [0.5, 0.6) is 0 Å². The van der Waals surface area contributed by atoms with Gasteiger partial charge in [0.05, 0.1) is 4.90 Å². The Balaban J connectivity index is 2.06. The predicted molar refractivity (Wildman–Crippen MR) is 89.7 cm³/mol. The topological polar surface area (TPSA) is 60.4 Å². The van der Waals surface area contributed by atoms with Crippen molar-refractivity contribution >= 4 is 15.9 Å². The minimum Gasteiger partial charge on any atom is -0.296 e. The molecule has 0 amide bonds. The zero-order chi connectivity index (χ0) is 17.1. The van der Waals surface area contributed by atoms with Crippen LogP contribution in [0, 0.1) is 12.3 Å². The number of ketones is 1. The molecule has 2 rings (SSSR count). The summed E-state index contributed by atoms with van der Waals surface area (Å²) in [6, 6.07) is 6.48. The molecule has 0 saturated heterocycles. The summed E-state index contributed by atoms with van der Waals surface area (Å²) in [6.45, 7) is 5.95. The molecular weight excluding hydrogens is 312 g/mol. The Morgan fingerprint density at radius 3 is 2.48 bits per heavy atom. The molecule has 0 bridgehead atoms. The third-order valence-electron chi connectivity index (χ3n) is 4.73.